The van der Waals surface area contributed by atoms with Crippen LogP contribution >= 0.6 is 11.6 Å². The Morgan fingerprint density at radius 3 is 2.50 bits per heavy atom. The van der Waals surface area contributed by atoms with Crippen molar-refractivity contribution in [1.82, 2.24) is 0 Å². The number of carboxylic acid groups (broad SMARTS) is 1. The number of nitrogens with one attached hydrogen (secondary N) is 1. The van der Waals surface area contributed by atoms with Crippen LogP contribution in [0.25, 0.3) is 0 Å². The Kier molecular flexibility index (Phi) is 4.45. The third-order valence-corrected chi connectivity index (χ3v) is 3.78. The molecule has 0 radical (unpaired) electrons. The number of hydrogen-bond donors (Lipinski definition) is 2. The van der Waals surface area contributed by atoms with Crippen molar-refractivity contribution in [1.29, 1.82) is 0 Å². The Morgan fingerprint density at radius 1 is 1.25 bits per heavy atom. The van der Waals surface area contributed by atoms with Crippen LogP contribution in [-0.4, -0.2) is 17.0 Å². The zero-order valence-corrected chi connectivity index (χ0v) is 11.9. The van der Waals surface area contributed by atoms with Gasteiger partial charge in [0.05, 0.1) is 22.5 Å². The maximum absolute atomic E-state index is 12.3. The fourth-order valence-electron chi connectivity index (χ4n) is 2.32. The maximum Gasteiger partial charge on any atom is 0.307 e. The zero-order chi connectivity index (χ0) is 14.7. The molecule has 1 aromatic rings. The summed E-state index contributed by atoms with van der Waals surface area (Å²) in [6, 6.07) is 5.33. The van der Waals surface area contributed by atoms with E-state index in [0.29, 0.717) is 23.6 Å². The maximum atomic E-state index is 12.3. The molecular weight excluding hydrogens is 278 g/mol. The summed E-state index contributed by atoms with van der Waals surface area (Å²) in [5, 5.41) is 12.4. The average Bonchev–Trinajstić information content (AvgIpc) is 2.41. The SMILES string of the molecule is Cc1ccc(NC(=O)[C@@H]2CC=CC[C@H]2C(=O)O)c(Cl)c1. The van der Waals surface area contributed by atoms with Gasteiger partial charge in [0, 0.05) is 0 Å². The summed E-state index contributed by atoms with van der Waals surface area (Å²) in [5.41, 5.74) is 1.51. The predicted molar refractivity (Wildman–Crippen MR) is 77.8 cm³/mol. The molecule has 0 unspecified atom stereocenters. The summed E-state index contributed by atoms with van der Waals surface area (Å²) in [6.45, 7) is 1.91. The highest BCUT2D eigenvalue weighted by molar-refractivity contribution is 6.33. The number of carbonyl (C=O) groups excluding carboxylic acids is 1. The lowest BCUT2D eigenvalue weighted by atomic mass is 9.82. The third-order valence-electron chi connectivity index (χ3n) is 3.47. The predicted octanol–water partition coefficient (Wildman–Crippen LogP) is 3.25. The van der Waals surface area contributed by atoms with E-state index >= 15 is 0 Å². The quantitative estimate of drug-likeness (QED) is 0.841. The fraction of sp³-hybridized carbons (Fsp3) is 0.333. The molecule has 0 fully saturated rings. The highest BCUT2D eigenvalue weighted by atomic mass is 35.5. The molecule has 2 rings (SSSR count). The number of aliphatic carboxylic acids is 1. The number of benzene rings is 1. The van der Waals surface area contributed by atoms with Crippen LogP contribution < -0.4 is 5.32 Å². The van der Waals surface area contributed by atoms with E-state index in [-0.39, 0.29) is 5.91 Å². The summed E-state index contributed by atoms with van der Waals surface area (Å²) in [4.78, 5) is 23.4. The van der Waals surface area contributed by atoms with Gasteiger partial charge in [0.2, 0.25) is 5.91 Å². The largest absolute Gasteiger partial charge is 0.481 e. The standard InChI is InChI=1S/C15H16ClNO3/c1-9-6-7-13(12(16)8-9)17-14(18)10-4-2-3-5-11(10)15(19)20/h2-3,6-8,10-11H,4-5H2,1H3,(H,17,18)(H,19,20)/t10-,11-/m1/s1. The first-order valence-corrected chi connectivity index (χ1v) is 6.81. The summed E-state index contributed by atoms with van der Waals surface area (Å²) in [7, 11) is 0. The lowest BCUT2D eigenvalue weighted by Gasteiger charge is -2.24. The molecule has 5 heteroatoms. The number of carboxylic acids is 1. The Balaban J connectivity index is 2.14. The van der Waals surface area contributed by atoms with Crippen LogP contribution in [-0.2, 0) is 9.59 Å². The van der Waals surface area contributed by atoms with E-state index in [0.717, 1.165) is 5.56 Å². The van der Waals surface area contributed by atoms with Gasteiger partial charge < -0.3 is 10.4 Å². The van der Waals surface area contributed by atoms with E-state index in [1.165, 1.54) is 0 Å². The minimum atomic E-state index is -0.940. The van der Waals surface area contributed by atoms with Crippen molar-refractivity contribution in [3.05, 3.63) is 40.9 Å². The van der Waals surface area contributed by atoms with Crippen LogP contribution in [0.4, 0.5) is 5.69 Å². The second-order valence-corrected chi connectivity index (χ2v) is 5.37. The van der Waals surface area contributed by atoms with E-state index in [2.05, 4.69) is 5.32 Å². The van der Waals surface area contributed by atoms with Gasteiger partial charge >= 0.3 is 5.97 Å². The van der Waals surface area contributed by atoms with Gasteiger partial charge in [0.15, 0.2) is 0 Å². The van der Waals surface area contributed by atoms with Gasteiger partial charge in [-0.25, -0.2) is 0 Å². The Bertz CT molecular complexity index is 568. The third kappa shape index (κ3) is 3.20. The van der Waals surface area contributed by atoms with Crippen molar-refractivity contribution in [3.8, 4) is 0 Å². The monoisotopic (exact) mass is 293 g/mol. The Labute approximate surface area is 122 Å². The lowest BCUT2D eigenvalue weighted by molar-refractivity contribution is -0.146. The van der Waals surface area contributed by atoms with E-state index in [9.17, 15) is 14.7 Å². The highest BCUT2D eigenvalue weighted by Crippen LogP contribution is 2.29. The van der Waals surface area contributed by atoms with Crippen LogP contribution in [0.5, 0.6) is 0 Å². The van der Waals surface area contributed by atoms with Gasteiger partial charge in [-0.1, -0.05) is 29.8 Å². The molecule has 0 bridgehead atoms. The molecule has 0 heterocycles. The smallest absolute Gasteiger partial charge is 0.307 e. The second-order valence-electron chi connectivity index (χ2n) is 4.97. The molecule has 106 valence electrons. The molecule has 1 aromatic carbocycles. The van der Waals surface area contributed by atoms with Crippen molar-refractivity contribution in [2.24, 2.45) is 11.8 Å². The van der Waals surface area contributed by atoms with Crippen LogP contribution in [0.15, 0.2) is 30.4 Å². The molecule has 0 spiro atoms. The van der Waals surface area contributed by atoms with Crippen LogP contribution in [0.1, 0.15) is 18.4 Å². The normalized spacial score (nSPS) is 21.5. The lowest BCUT2D eigenvalue weighted by Crippen LogP contribution is -2.34. The molecular formula is C15H16ClNO3. The molecule has 0 aliphatic heterocycles. The van der Waals surface area contributed by atoms with Crippen molar-refractivity contribution < 1.29 is 14.7 Å². The molecule has 0 saturated carbocycles. The highest BCUT2D eigenvalue weighted by Gasteiger charge is 2.34. The van der Waals surface area contributed by atoms with Gasteiger partial charge in [-0.05, 0) is 37.5 Å². The summed E-state index contributed by atoms with van der Waals surface area (Å²) in [6.07, 6.45) is 4.48. The number of hydrogen-bond acceptors (Lipinski definition) is 2. The number of aryl methyl sites for hydroxylation is 1. The molecule has 1 aliphatic carbocycles. The molecule has 1 aliphatic rings. The first kappa shape index (κ1) is 14.6. The summed E-state index contributed by atoms with van der Waals surface area (Å²) >= 11 is 6.07. The molecule has 2 atom stereocenters. The van der Waals surface area contributed by atoms with Crippen LogP contribution in [0.2, 0.25) is 5.02 Å². The Hall–Kier alpha value is -1.81. The minimum absolute atomic E-state index is 0.299. The molecule has 4 nitrogen and oxygen atoms in total. The molecule has 2 N–H and O–H groups in total. The molecule has 0 aromatic heterocycles. The van der Waals surface area contributed by atoms with Gasteiger partial charge in [0.25, 0.3) is 0 Å². The second kappa shape index (κ2) is 6.09. The molecule has 20 heavy (non-hydrogen) atoms. The van der Waals surface area contributed by atoms with E-state index < -0.39 is 17.8 Å². The molecule has 1 amide bonds. The summed E-state index contributed by atoms with van der Waals surface area (Å²) < 4.78 is 0. The van der Waals surface area contributed by atoms with E-state index in [1.807, 2.05) is 19.1 Å². The topological polar surface area (TPSA) is 66.4 Å². The van der Waals surface area contributed by atoms with Crippen molar-refractivity contribution >= 4 is 29.2 Å². The van der Waals surface area contributed by atoms with Gasteiger partial charge in [-0.15, -0.1) is 0 Å². The van der Waals surface area contributed by atoms with Crippen LogP contribution in [0, 0.1) is 18.8 Å². The van der Waals surface area contributed by atoms with Gasteiger partial charge in [-0.2, -0.15) is 0 Å². The molecule has 0 saturated heterocycles. The van der Waals surface area contributed by atoms with E-state index in [1.54, 1.807) is 18.2 Å². The number of allylic oxidation sites excluding steroid dienone is 2. The van der Waals surface area contributed by atoms with Crippen LogP contribution in [0.3, 0.4) is 0 Å². The fourth-order valence-corrected chi connectivity index (χ4v) is 2.61. The number of carbonyl (C=O) groups is 2. The van der Waals surface area contributed by atoms with E-state index in [4.69, 9.17) is 11.6 Å². The number of rotatable bonds is 3. The van der Waals surface area contributed by atoms with Gasteiger partial charge in [0.1, 0.15) is 0 Å². The number of halogens is 1. The summed E-state index contributed by atoms with van der Waals surface area (Å²) in [5.74, 6) is -2.48. The first-order valence-electron chi connectivity index (χ1n) is 6.44. The average molecular weight is 294 g/mol. The van der Waals surface area contributed by atoms with Crippen molar-refractivity contribution in [2.45, 2.75) is 19.8 Å². The van der Waals surface area contributed by atoms with Crippen molar-refractivity contribution in [3.63, 3.8) is 0 Å². The zero-order valence-electron chi connectivity index (χ0n) is 11.1. The van der Waals surface area contributed by atoms with Gasteiger partial charge in [-0.3, -0.25) is 9.59 Å². The minimum Gasteiger partial charge on any atom is -0.481 e. The Morgan fingerprint density at radius 2 is 1.90 bits per heavy atom. The number of amides is 1. The number of anilines is 1. The van der Waals surface area contributed by atoms with Crippen molar-refractivity contribution in [2.75, 3.05) is 5.32 Å². The first-order chi connectivity index (χ1) is 9.49.